The summed E-state index contributed by atoms with van der Waals surface area (Å²) in [6, 6.07) is 18.1. The van der Waals surface area contributed by atoms with Crippen molar-refractivity contribution in [1.29, 1.82) is 0 Å². The smallest absolute Gasteiger partial charge is 0.159 e. The number of nitrogens with zero attached hydrogens (tertiary/aromatic N) is 2. The molecule has 0 spiro atoms. The fourth-order valence-corrected chi connectivity index (χ4v) is 2.29. The number of ether oxygens (including phenoxy) is 1. The van der Waals surface area contributed by atoms with Gasteiger partial charge in [-0.15, -0.1) is 0 Å². The van der Waals surface area contributed by atoms with Crippen LogP contribution in [0.2, 0.25) is 0 Å². The van der Waals surface area contributed by atoms with Gasteiger partial charge in [-0.1, -0.05) is 43.7 Å². The van der Waals surface area contributed by atoms with E-state index >= 15 is 0 Å². The van der Waals surface area contributed by atoms with Crippen LogP contribution in [-0.4, -0.2) is 16.6 Å². The van der Waals surface area contributed by atoms with Gasteiger partial charge in [0.25, 0.3) is 0 Å². The summed E-state index contributed by atoms with van der Waals surface area (Å²) in [5.74, 6) is 1.62. The normalized spacial score (nSPS) is 10.5. The average molecular weight is 304 g/mol. The molecule has 0 radical (unpaired) electrons. The van der Waals surface area contributed by atoms with Crippen LogP contribution in [0.15, 0.2) is 67.0 Å². The summed E-state index contributed by atoms with van der Waals surface area (Å²) >= 11 is 0. The molecule has 0 amide bonds. The molecule has 0 saturated carbocycles. The molecule has 0 aliphatic carbocycles. The summed E-state index contributed by atoms with van der Waals surface area (Å²) in [7, 11) is 0. The first-order valence-corrected chi connectivity index (χ1v) is 7.97. The van der Waals surface area contributed by atoms with Gasteiger partial charge in [-0.05, 0) is 36.2 Å². The Balaban J connectivity index is 1.72. The van der Waals surface area contributed by atoms with E-state index in [1.54, 1.807) is 0 Å². The van der Waals surface area contributed by atoms with Crippen molar-refractivity contribution in [3.05, 3.63) is 67.0 Å². The van der Waals surface area contributed by atoms with Crippen molar-refractivity contribution in [2.45, 2.75) is 19.8 Å². The number of unbranched alkanes of at least 4 members (excludes halogenated alkanes) is 1. The van der Waals surface area contributed by atoms with Gasteiger partial charge in [0, 0.05) is 23.5 Å². The van der Waals surface area contributed by atoms with Gasteiger partial charge >= 0.3 is 0 Å². The lowest BCUT2D eigenvalue weighted by Crippen LogP contribution is -1.96. The zero-order chi connectivity index (χ0) is 15.9. The molecule has 0 unspecified atom stereocenters. The van der Waals surface area contributed by atoms with E-state index in [4.69, 9.17) is 4.74 Å². The van der Waals surface area contributed by atoms with Gasteiger partial charge in [0.15, 0.2) is 5.82 Å². The van der Waals surface area contributed by atoms with Gasteiger partial charge in [0.1, 0.15) is 5.75 Å². The van der Waals surface area contributed by atoms with Gasteiger partial charge in [0.05, 0.1) is 6.61 Å². The molecular weight excluding hydrogens is 284 g/mol. The van der Waals surface area contributed by atoms with Crippen LogP contribution in [-0.2, 0) is 0 Å². The quantitative estimate of drug-likeness (QED) is 0.602. The summed E-state index contributed by atoms with van der Waals surface area (Å²) in [5, 5.41) is 0. The highest BCUT2D eigenvalue weighted by Crippen LogP contribution is 2.22. The molecule has 1 aromatic heterocycles. The lowest BCUT2D eigenvalue weighted by Gasteiger charge is -2.06. The second-order valence-corrected chi connectivity index (χ2v) is 5.39. The van der Waals surface area contributed by atoms with Crippen LogP contribution in [0.3, 0.4) is 0 Å². The van der Waals surface area contributed by atoms with Gasteiger partial charge in [-0.2, -0.15) is 0 Å². The van der Waals surface area contributed by atoms with E-state index in [0.29, 0.717) is 0 Å². The van der Waals surface area contributed by atoms with Crippen LogP contribution in [0.25, 0.3) is 22.5 Å². The maximum Gasteiger partial charge on any atom is 0.159 e. The van der Waals surface area contributed by atoms with E-state index in [2.05, 4.69) is 29.0 Å². The minimum atomic E-state index is 0.727. The fourth-order valence-electron chi connectivity index (χ4n) is 2.29. The summed E-state index contributed by atoms with van der Waals surface area (Å²) in [6.07, 6.45) is 5.94. The molecular formula is C20H20N2O. The van der Waals surface area contributed by atoms with E-state index in [1.165, 1.54) is 0 Å². The van der Waals surface area contributed by atoms with Crippen molar-refractivity contribution < 1.29 is 4.74 Å². The van der Waals surface area contributed by atoms with E-state index < -0.39 is 0 Å². The van der Waals surface area contributed by atoms with Crippen LogP contribution in [0.1, 0.15) is 19.8 Å². The maximum absolute atomic E-state index is 5.67. The predicted molar refractivity (Wildman–Crippen MR) is 93.3 cm³/mol. The van der Waals surface area contributed by atoms with Gasteiger partial charge < -0.3 is 4.74 Å². The molecule has 0 aliphatic heterocycles. The van der Waals surface area contributed by atoms with Crippen LogP contribution in [0, 0.1) is 0 Å². The first-order chi connectivity index (χ1) is 11.4. The standard InChI is InChI=1S/C20H20N2O/c1-2-3-13-23-19-11-9-17(10-12-19)20-21-14-18(15-22-20)16-7-5-4-6-8-16/h4-12,14-15H,2-3,13H2,1H3. The summed E-state index contributed by atoms with van der Waals surface area (Å²) in [4.78, 5) is 8.96. The number of aromatic nitrogens is 2. The molecule has 0 bridgehead atoms. The Kier molecular flexibility index (Phi) is 4.99. The molecule has 0 aliphatic rings. The van der Waals surface area contributed by atoms with Gasteiger partial charge in [-0.25, -0.2) is 9.97 Å². The zero-order valence-corrected chi connectivity index (χ0v) is 13.3. The van der Waals surface area contributed by atoms with Gasteiger partial charge in [-0.3, -0.25) is 0 Å². The number of hydrogen-bond acceptors (Lipinski definition) is 3. The molecule has 3 heteroatoms. The highest BCUT2D eigenvalue weighted by Gasteiger charge is 2.03. The Morgan fingerprint density at radius 2 is 1.48 bits per heavy atom. The predicted octanol–water partition coefficient (Wildman–Crippen LogP) is 4.99. The highest BCUT2D eigenvalue weighted by atomic mass is 16.5. The first kappa shape index (κ1) is 15.2. The van der Waals surface area contributed by atoms with Crippen molar-refractivity contribution in [3.63, 3.8) is 0 Å². The largest absolute Gasteiger partial charge is 0.494 e. The summed E-state index contributed by atoms with van der Waals surface area (Å²) < 4.78 is 5.67. The Hall–Kier alpha value is -2.68. The van der Waals surface area contributed by atoms with Crippen LogP contribution in [0.5, 0.6) is 5.75 Å². The topological polar surface area (TPSA) is 35.0 Å². The lowest BCUT2D eigenvalue weighted by atomic mass is 10.1. The molecule has 2 aromatic carbocycles. The van der Waals surface area contributed by atoms with E-state index in [9.17, 15) is 0 Å². The number of hydrogen-bond donors (Lipinski definition) is 0. The molecule has 3 nitrogen and oxygen atoms in total. The van der Waals surface area contributed by atoms with E-state index in [1.807, 2.05) is 54.9 Å². The van der Waals surface area contributed by atoms with Gasteiger partial charge in [0.2, 0.25) is 0 Å². The zero-order valence-electron chi connectivity index (χ0n) is 13.3. The second-order valence-electron chi connectivity index (χ2n) is 5.39. The molecule has 0 saturated heterocycles. The second kappa shape index (κ2) is 7.54. The Bertz CT molecular complexity index is 722. The molecule has 0 fully saturated rings. The van der Waals surface area contributed by atoms with Crippen molar-refractivity contribution in [1.82, 2.24) is 9.97 Å². The molecule has 0 atom stereocenters. The Labute approximate surface area is 137 Å². The molecule has 0 N–H and O–H groups in total. The fraction of sp³-hybridized carbons (Fsp3) is 0.200. The minimum absolute atomic E-state index is 0.727. The van der Waals surface area contributed by atoms with Crippen LogP contribution in [0.4, 0.5) is 0 Å². The highest BCUT2D eigenvalue weighted by molar-refractivity contribution is 5.63. The third-order valence-corrected chi connectivity index (χ3v) is 3.64. The van der Waals surface area contributed by atoms with Crippen LogP contribution >= 0.6 is 0 Å². The number of rotatable bonds is 6. The van der Waals surface area contributed by atoms with Crippen molar-refractivity contribution in [3.8, 4) is 28.3 Å². The third-order valence-electron chi connectivity index (χ3n) is 3.64. The Morgan fingerprint density at radius 3 is 2.13 bits per heavy atom. The minimum Gasteiger partial charge on any atom is -0.494 e. The monoisotopic (exact) mass is 304 g/mol. The third kappa shape index (κ3) is 3.95. The lowest BCUT2D eigenvalue weighted by molar-refractivity contribution is 0.309. The average Bonchev–Trinajstić information content (AvgIpc) is 2.63. The molecule has 23 heavy (non-hydrogen) atoms. The molecule has 116 valence electrons. The Morgan fingerprint density at radius 1 is 0.783 bits per heavy atom. The van der Waals surface area contributed by atoms with Crippen molar-refractivity contribution in [2.75, 3.05) is 6.61 Å². The molecule has 1 heterocycles. The van der Waals surface area contributed by atoms with Crippen molar-refractivity contribution >= 4 is 0 Å². The van der Waals surface area contributed by atoms with Crippen molar-refractivity contribution in [2.24, 2.45) is 0 Å². The van der Waals surface area contributed by atoms with E-state index in [0.717, 1.165) is 47.7 Å². The maximum atomic E-state index is 5.67. The summed E-state index contributed by atoms with van der Waals surface area (Å²) in [6.45, 7) is 2.92. The van der Waals surface area contributed by atoms with E-state index in [-0.39, 0.29) is 0 Å². The first-order valence-electron chi connectivity index (χ1n) is 7.97. The van der Waals surface area contributed by atoms with Crippen LogP contribution < -0.4 is 4.74 Å². The molecule has 3 rings (SSSR count). The number of benzene rings is 2. The molecule has 3 aromatic rings. The summed E-state index contributed by atoms with van der Waals surface area (Å²) in [5.41, 5.74) is 3.14. The SMILES string of the molecule is CCCCOc1ccc(-c2ncc(-c3ccccc3)cn2)cc1.